The van der Waals surface area contributed by atoms with Crippen LogP contribution in [0.15, 0.2) is 30.3 Å². The number of benzene rings is 1. The number of Topliss-reactive ketones (excluding diaryl/α,β-unsaturated/α-hetero) is 1. The molecule has 2 N–H and O–H groups in total. The molecule has 4 nitrogen and oxygen atoms in total. The van der Waals surface area contributed by atoms with Gasteiger partial charge in [0.25, 0.3) is 0 Å². The Morgan fingerprint density at radius 3 is 2.84 bits per heavy atom. The fraction of sp³-hybridized carbons (Fsp3) is 0.286. The summed E-state index contributed by atoms with van der Waals surface area (Å²) >= 11 is 0. The molecule has 0 unspecified atom stereocenters. The second-order valence-corrected chi connectivity index (χ2v) is 4.38. The van der Waals surface area contributed by atoms with E-state index in [9.17, 15) is 9.18 Å². The second kappa shape index (κ2) is 5.65. The number of carbonyl (C=O) groups excluding carboxylic acids is 1. The van der Waals surface area contributed by atoms with E-state index in [1.807, 2.05) is 6.92 Å². The van der Waals surface area contributed by atoms with Crippen LogP contribution in [0.3, 0.4) is 0 Å². The van der Waals surface area contributed by atoms with E-state index in [4.69, 9.17) is 5.73 Å². The zero-order valence-electron chi connectivity index (χ0n) is 10.8. The summed E-state index contributed by atoms with van der Waals surface area (Å²) in [5, 5.41) is 4.14. The molecule has 0 aliphatic carbocycles. The number of nitrogens with zero attached hydrogens (tertiary/aromatic N) is 2. The summed E-state index contributed by atoms with van der Waals surface area (Å²) in [7, 11) is 0. The molecule has 2 aromatic rings. The van der Waals surface area contributed by atoms with Gasteiger partial charge < -0.3 is 5.73 Å². The van der Waals surface area contributed by atoms with Crippen molar-refractivity contribution in [3.63, 3.8) is 0 Å². The van der Waals surface area contributed by atoms with Crippen molar-refractivity contribution in [2.45, 2.75) is 26.3 Å². The molecule has 1 heterocycles. The van der Waals surface area contributed by atoms with E-state index in [1.165, 1.54) is 10.7 Å². The number of anilines is 1. The van der Waals surface area contributed by atoms with Gasteiger partial charge >= 0.3 is 0 Å². The van der Waals surface area contributed by atoms with Gasteiger partial charge in [0.2, 0.25) is 0 Å². The van der Waals surface area contributed by atoms with Gasteiger partial charge in [0.05, 0.1) is 6.54 Å². The first-order valence-corrected chi connectivity index (χ1v) is 6.21. The topological polar surface area (TPSA) is 60.9 Å². The Morgan fingerprint density at radius 2 is 2.16 bits per heavy atom. The molecule has 1 aromatic heterocycles. The molecule has 0 saturated carbocycles. The number of ketones is 1. The van der Waals surface area contributed by atoms with Crippen LogP contribution in [-0.2, 0) is 6.54 Å². The Balaban J connectivity index is 2.22. The van der Waals surface area contributed by atoms with Crippen molar-refractivity contribution < 1.29 is 9.18 Å². The van der Waals surface area contributed by atoms with Crippen molar-refractivity contribution >= 4 is 11.6 Å². The third-order valence-corrected chi connectivity index (χ3v) is 2.85. The van der Waals surface area contributed by atoms with Crippen molar-refractivity contribution in [2.24, 2.45) is 0 Å². The van der Waals surface area contributed by atoms with Crippen molar-refractivity contribution in [3.8, 4) is 0 Å². The summed E-state index contributed by atoms with van der Waals surface area (Å²) in [6.45, 7) is 2.15. The van der Waals surface area contributed by atoms with E-state index in [2.05, 4.69) is 5.10 Å². The predicted molar refractivity (Wildman–Crippen MR) is 71.4 cm³/mol. The first kappa shape index (κ1) is 13.3. The molecular weight excluding hydrogens is 245 g/mol. The Hall–Kier alpha value is -2.17. The van der Waals surface area contributed by atoms with E-state index >= 15 is 0 Å². The zero-order chi connectivity index (χ0) is 13.8. The number of aromatic nitrogens is 2. The molecule has 0 spiro atoms. The minimum Gasteiger partial charge on any atom is -0.384 e. The average Bonchev–Trinajstić information content (AvgIpc) is 2.74. The molecule has 0 amide bonds. The molecular formula is C14H16FN3O. The SMILES string of the molecule is CCCC(=O)c1cc(N)n(Cc2ccccc2F)n1. The maximum absolute atomic E-state index is 13.5. The number of carbonyl (C=O) groups is 1. The van der Waals surface area contributed by atoms with E-state index in [-0.39, 0.29) is 18.1 Å². The summed E-state index contributed by atoms with van der Waals surface area (Å²) < 4.78 is 15.0. The minimum atomic E-state index is -0.307. The van der Waals surface area contributed by atoms with Gasteiger partial charge in [0.15, 0.2) is 5.78 Å². The lowest BCUT2D eigenvalue weighted by Gasteiger charge is -2.05. The fourth-order valence-corrected chi connectivity index (χ4v) is 1.84. The van der Waals surface area contributed by atoms with Crippen LogP contribution in [-0.4, -0.2) is 15.6 Å². The lowest BCUT2D eigenvalue weighted by atomic mass is 10.2. The highest BCUT2D eigenvalue weighted by Crippen LogP contribution is 2.14. The van der Waals surface area contributed by atoms with Crippen molar-refractivity contribution in [2.75, 3.05) is 5.73 Å². The molecule has 2 rings (SSSR count). The average molecular weight is 261 g/mol. The number of halogens is 1. The van der Waals surface area contributed by atoms with Crippen LogP contribution >= 0.6 is 0 Å². The van der Waals surface area contributed by atoms with Crippen LogP contribution in [0.5, 0.6) is 0 Å². The zero-order valence-corrected chi connectivity index (χ0v) is 10.8. The van der Waals surface area contributed by atoms with Crippen LogP contribution in [0.2, 0.25) is 0 Å². The van der Waals surface area contributed by atoms with Crippen LogP contribution in [0, 0.1) is 5.82 Å². The van der Waals surface area contributed by atoms with Gasteiger partial charge in [-0.25, -0.2) is 9.07 Å². The van der Waals surface area contributed by atoms with E-state index < -0.39 is 0 Å². The van der Waals surface area contributed by atoms with Gasteiger partial charge in [-0.15, -0.1) is 0 Å². The highest BCUT2D eigenvalue weighted by Gasteiger charge is 2.13. The number of hydrogen-bond acceptors (Lipinski definition) is 3. The van der Waals surface area contributed by atoms with Crippen molar-refractivity contribution in [1.29, 1.82) is 0 Å². The van der Waals surface area contributed by atoms with Crippen molar-refractivity contribution in [3.05, 3.63) is 47.4 Å². The fourth-order valence-electron chi connectivity index (χ4n) is 1.84. The second-order valence-electron chi connectivity index (χ2n) is 4.38. The van der Waals surface area contributed by atoms with Crippen molar-refractivity contribution in [1.82, 2.24) is 9.78 Å². The summed E-state index contributed by atoms with van der Waals surface area (Å²) in [6, 6.07) is 7.98. The maximum atomic E-state index is 13.5. The normalized spacial score (nSPS) is 10.6. The van der Waals surface area contributed by atoms with E-state index in [0.29, 0.717) is 23.5 Å². The third kappa shape index (κ3) is 2.99. The van der Waals surface area contributed by atoms with Gasteiger partial charge in [0, 0.05) is 18.1 Å². The Bertz CT molecular complexity index is 592. The lowest BCUT2D eigenvalue weighted by molar-refractivity contribution is 0.0976. The molecule has 0 aliphatic rings. The first-order valence-electron chi connectivity index (χ1n) is 6.21. The maximum Gasteiger partial charge on any atom is 0.183 e. The number of rotatable bonds is 5. The molecule has 0 atom stereocenters. The van der Waals surface area contributed by atoms with E-state index in [1.54, 1.807) is 24.3 Å². The highest BCUT2D eigenvalue weighted by molar-refractivity contribution is 5.94. The molecule has 100 valence electrons. The highest BCUT2D eigenvalue weighted by atomic mass is 19.1. The Morgan fingerprint density at radius 1 is 1.42 bits per heavy atom. The van der Waals surface area contributed by atoms with Gasteiger partial charge in [-0.05, 0) is 12.5 Å². The third-order valence-electron chi connectivity index (χ3n) is 2.85. The number of nitrogens with two attached hydrogens (primary N) is 1. The van der Waals surface area contributed by atoms with Gasteiger partial charge in [-0.2, -0.15) is 5.10 Å². The van der Waals surface area contributed by atoms with Gasteiger partial charge in [0.1, 0.15) is 17.3 Å². The summed E-state index contributed by atoms with van der Waals surface area (Å²) in [6.07, 6.45) is 1.20. The summed E-state index contributed by atoms with van der Waals surface area (Å²) in [4.78, 5) is 11.7. The number of nitrogen functional groups attached to an aromatic ring is 1. The Kier molecular flexibility index (Phi) is 3.94. The standard InChI is InChI=1S/C14H16FN3O/c1-2-5-13(19)12-8-14(16)18(17-12)9-10-6-3-4-7-11(10)15/h3-4,6-8H,2,5,9,16H2,1H3. The van der Waals surface area contributed by atoms with Crippen LogP contribution in [0.4, 0.5) is 10.2 Å². The largest absolute Gasteiger partial charge is 0.384 e. The molecule has 0 bridgehead atoms. The van der Waals surface area contributed by atoms with Gasteiger partial charge in [-0.3, -0.25) is 4.79 Å². The molecule has 0 aliphatic heterocycles. The van der Waals surface area contributed by atoms with Gasteiger partial charge in [-0.1, -0.05) is 25.1 Å². The molecule has 0 saturated heterocycles. The monoisotopic (exact) mass is 261 g/mol. The molecule has 5 heteroatoms. The van der Waals surface area contributed by atoms with Crippen LogP contribution < -0.4 is 5.73 Å². The summed E-state index contributed by atoms with van der Waals surface area (Å²) in [5.41, 5.74) is 6.63. The quantitative estimate of drug-likeness (QED) is 0.842. The minimum absolute atomic E-state index is 0.0403. The molecule has 19 heavy (non-hydrogen) atoms. The predicted octanol–water partition coefficient (Wildman–Crippen LogP) is 2.64. The smallest absolute Gasteiger partial charge is 0.183 e. The van der Waals surface area contributed by atoms with Crippen LogP contribution in [0.25, 0.3) is 0 Å². The van der Waals surface area contributed by atoms with E-state index in [0.717, 1.165) is 6.42 Å². The molecule has 1 aromatic carbocycles. The summed E-state index contributed by atoms with van der Waals surface area (Å²) in [5.74, 6) is 0.0167. The lowest BCUT2D eigenvalue weighted by Crippen LogP contribution is -2.08. The number of hydrogen-bond donors (Lipinski definition) is 1. The Labute approximate surface area is 111 Å². The molecule has 0 radical (unpaired) electrons. The van der Waals surface area contributed by atoms with Crippen LogP contribution in [0.1, 0.15) is 35.8 Å². The molecule has 0 fully saturated rings. The first-order chi connectivity index (χ1) is 9.11.